The van der Waals surface area contributed by atoms with Gasteiger partial charge in [0, 0.05) is 6.04 Å². The van der Waals surface area contributed by atoms with Crippen molar-refractivity contribution < 1.29 is 28.3 Å². The molecule has 3 amide bonds. The van der Waals surface area contributed by atoms with E-state index in [1.807, 2.05) is 6.92 Å². The van der Waals surface area contributed by atoms with Crippen molar-refractivity contribution in [2.45, 2.75) is 65.1 Å². The van der Waals surface area contributed by atoms with Crippen molar-refractivity contribution in [3.8, 4) is 0 Å². The first-order valence-electron chi connectivity index (χ1n) is 11.7. The fourth-order valence-electron chi connectivity index (χ4n) is 4.72. The molecule has 1 aromatic carbocycles. The SMILES string of the molecule is CCOC(=O)NN(C(=O)OCC)C1c2c(oc3ccc(C)cc3c2=O)C(=O)N1C1CCCCC1. The largest absolute Gasteiger partial charge is 0.450 e. The minimum absolute atomic E-state index is 0.00137. The van der Waals surface area contributed by atoms with Crippen molar-refractivity contribution in [1.29, 1.82) is 0 Å². The van der Waals surface area contributed by atoms with Gasteiger partial charge >= 0.3 is 12.2 Å². The van der Waals surface area contributed by atoms with Crippen LogP contribution in [0.1, 0.15) is 73.8 Å². The predicted molar refractivity (Wildman–Crippen MR) is 122 cm³/mol. The Balaban J connectivity index is 1.91. The van der Waals surface area contributed by atoms with Crippen molar-refractivity contribution in [3.05, 3.63) is 45.3 Å². The topological polar surface area (TPSA) is 118 Å². The first kappa shape index (κ1) is 23.6. The molecule has 1 aliphatic carbocycles. The summed E-state index contributed by atoms with van der Waals surface area (Å²) in [6, 6.07) is 4.89. The van der Waals surface area contributed by atoms with Crippen LogP contribution in [0.25, 0.3) is 11.0 Å². The second-order valence-corrected chi connectivity index (χ2v) is 8.45. The van der Waals surface area contributed by atoms with Gasteiger partial charge in [-0.2, -0.15) is 5.01 Å². The van der Waals surface area contributed by atoms with Gasteiger partial charge in [-0.25, -0.2) is 15.0 Å². The number of hydrogen-bond acceptors (Lipinski definition) is 7. The Bertz CT molecular complexity index is 1170. The lowest BCUT2D eigenvalue weighted by Gasteiger charge is -2.39. The summed E-state index contributed by atoms with van der Waals surface area (Å²) in [5.74, 6) is -0.622. The zero-order valence-electron chi connectivity index (χ0n) is 19.6. The second kappa shape index (κ2) is 9.74. The lowest BCUT2D eigenvalue weighted by molar-refractivity contribution is -0.0102. The Morgan fingerprint density at radius 2 is 1.82 bits per heavy atom. The highest BCUT2D eigenvalue weighted by Crippen LogP contribution is 2.40. The normalized spacial score (nSPS) is 18.0. The molecule has 4 rings (SSSR count). The van der Waals surface area contributed by atoms with Gasteiger partial charge in [-0.1, -0.05) is 30.9 Å². The molecule has 10 heteroatoms. The van der Waals surface area contributed by atoms with Crippen molar-refractivity contribution >= 4 is 29.1 Å². The molecule has 1 saturated carbocycles. The molecule has 34 heavy (non-hydrogen) atoms. The molecule has 0 bridgehead atoms. The van der Waals surface area contributed by atoms with Gasteiger partial charge in [-0.05, 0) is 45.7 Å². The van der Waals surface area contributed by atoms with Gasteiger partial charge in [0.15, 0.2) is 6.17 Å². The van der Waals surface area contributed by atoms with E-state index in [-0.39, 0.29) is 36.2 Å². The van der Waals surface area contributed by atoms with E-state index in [4.69, 9.17) is 13.9 Å². The third kappa shape index (κ3) is 4.20. The van der Waals surface area contributed by atoms with E-state index in [0.717, 1.165) is 29.8 Å². The Morgan fingerprint density at radius 3 is 2.50 bits per heavy atom. The number of amides is 3. The van der Waals surface area contributed by atoms with Gasteiger partial charge in [0.25, 0.3) is 5.91 Å². The van der Waals surface area contributed by atoms with Crippen molar-refractivity contribution in [1.82, 2.24) is 15.3 Å². The number of nitrogens with zero attached hydrogens (tertiary/aromatic N) is 2. The third-order valence-corrected chi connectivity index (χ3v) is 6.20. The van der Waals surface area contributed by atoms with Crippen LogP contribution in [-0.4, -0.2) is 47.3 Å². The van der Waals surface area contributed by atoms with E-state index < -0.39 is 29.7 Å². The van der Waals surface area contributed by atoms with E-state index in [9.17, 15) is 19.2 Å². The fourth-order valence-corrected chi connectivity index (χ4v) is 4.72. The van der Waals surface area contributed by atoms with Gasteiger partial charge in [0.05, 0.1) is 24.2 Å². The lowest BCUT2D eigenvalue weighted by Crippen LogP contribution is -2.55. The quantitative estimate of drug-likeness (QED) is 0.669. The highest BCUT2D eigenvalue weighted by Gasteiger charge is 2.50. The Hall–Kier alpha value is -3.56. The van der Waals surface area contributed by atoms with Gasteiger partial charge < -0.3 is 18.8 Å². The molecule has 1 aromatic heterocycles. The molecule has 2 aromatic rings. The van der Waals surface area contributed by atoms with Crippen LogP contribution in [0.3, 0.4) is 0 Å². The number of ether oxygens (including phenoxy) is 2. The summed E-state index contributed by atoms with van der Waals surface area (Å²) in [4.78, 5) is 54.2. The van der Waals surface area contributed by atoms with E-state index in [1.165, 1.54) is 4.90 Å². The average molecular weight is 472 g/mol. The summed E-state index contributed by atoms with van der Waals surface area (Å²) in [5.41, 5.74) is 3.08. The number of hydrogen-bond donors (Lipinski definition) is 1. The number of benzene rings is 1. The molecule has 2 heterocycles. The van der Waals surface area contributed by atoms with Crippen molar-refractivity contribution in [3.63, 3.8) is 0 Å². The molecule has 1 atom stereocenters. The van der Waals surface area contributed by atoms with Crippen LogP contribution < -0.4 is 10.9 Å². The van der Waals surface area contributed by atoms with E-state index in [2.05, 4.69) is 5.43 Å². The highest BCUT2D eigenvalue weighted by molar-refractivity contribution is 5.99. The molecule has 1 fully saturated rings. The minimum Gasteiger partial charge on any atom is -0.450 e. The standard InChI is InChI=1S/C24H29N3O7/c1-4-32-23(30)25-27(24(31)33-5-2)21-18-19(28)16-13-14(3)11-12-17(16)34-20(18)22(29)26(21)15-9-7-6-8-10-15/h11-13,15,21H,4-10H2,1-3H3,(H,25,30). The lowest BCUT2D eigenvalue weighted by atomic mass is 9.94. The molecule has 2 aliphatic rings. The molecule has 1 N–H and O–H groups in total. The maximum Gasteiger partial charge on any atom is 0.431 e. The maximum absolute atomic E-state index is 13.7. The Morgan fingerprint density at radius 1 is 1.12 bits per heavy atom. The summed E-state index contributed by atoms with van der Waals surface area (Å²) < 4.78 is 16.1. The second-order valence-electron chi connectivity index (χ2n) is 8.45. The molecule has 0 radical (unpaired) electrons. The fraction of sp³-hybridized carbons (Fsp3) is 0.500. The maximum atomic E-state index is 13.7. The predicted octanol–water partition coefficient (Wildman–Crippen LogP) is 4.01. The molecular formula is C24H29N3O7. The Labute approximate surface area is 196 Å². The number of nitrogens with one attached hydrogen (secondary N) is 1. The van der Waals surface area contributed by atoms with Gasteiger partial charge in [-0.15, -0.1) is 0 Å². The summed E-state index contributed by atoms with van der Waals surface area (Å²) >= 11 is 0. The summed E-state index contributed by atoms with van der Waals surface area (Å²) in [6.07, 6.45) is 1.23. The van der Waals surface area contributed by atoms with Crippen LogP contribution in [-0.2, 0) is 9.47 Å². The van der Waals surface area contributed by atoms with Crippen LogP contribution in [0, 0.1) is 6.92 Å². The van der Waals surface area contributed by atoms with E-state index in [1.54, 1.807) is 32.0 Å². The molecule has 10 nitrogen and oxygen atoms in total. The number of carbonyl (C=O) groups is 3. The van der Waals surface area contributed by atoms with Crippen LogP contribution in [0.4, 0.5) is 9.59 Å². The molecular weight excluding hydrogens is 442 g/mol. The van der Waals surface area contributed by atoms with Gasteiger partial charge in [0.1, 0.15) is 5.58 Å². The summed E-state index contributed by atoms with van der Waals surface area (Å²) in [6.45, 7) is 5.19. The minimum atomic E-state index is -1.23. The van der Waals surface area contributed by atoms with E-state index in [0.29, 0.717) is 18.2 Å². The zero-order chi connectivity index (χ0) is 24.4. The summed E-state index contributed by atoms with van der Waals surface area (Å²) in [7, 11) is 0. The van der Waals surface area contributed by atoms with Crippen LogP contribution in [0.2, 0.25) is 0 Å². The van der Waals surface area contributed by atoms with Gasteiger partial charge in [0.2, 0.25) is 11.2 Å². The average Bonchev–Trinajstić information content (AvgIpc) is 3.11. The number of fused-ring (bicyclic) bond motifs is 2. The third-order valence-electron chi connectivity index (χ3n) is 6.20. The first-order valence-corrected chi connectivity index (χ1v) is 11.7. The van der Waals surface area contributed by atoms with E-state index >= 15 is 0 Å². The number of carbonyl (C=O) groups excluding carboxylic acids is 3. The summed E-state index contributed by atoms with van der Waals surface area (Å²) in [5, 5.41) is 1.17. The monoisotopic (exact) mass is 471 g/mol. The first-order chi connectivity index (χ1) is 16.4. The molecule has 1 aliphatic heterocycles. The van der Waals surface area contributed by atoms with Crippen LogP contribution >= 0.6 is 0 Å². The van der Waals surface area contributed by atoms with Crippen LogP contribution in [0.5, 0.6) is 0 Å². The molecule has 0 spiro atoms. The molecule has 182 valence electrons. The van der Waals surface area contributed by atoms with Gasteiger partial charge in [-0.3, -0.25) is 9.59 Å². The number of aryl methyl sites for hydroxylation is 1. The van der Waals surface area contributed by atoms with Crippen molar-refractivity contribution in [2.24, 2.45) is 0 Å². The highest BCUT2D eigenvalue weighted by atomic mass is 16.6. The van der Waals surface area contributed by atoms with Crippen LogP contribution in [0.15, 0.2) is 27.4 Å². The zero-order valence-corrected chi connectivity index (χ0v) is 19.6. The number of hydrazine groups is 1. The Kier molecular flexibility index (Phi) is 6.76. The molecule has 1 unspecified atom stereocenters. The van der Waals surface area contributed by atoms with Crippen molar-refractivity contribution in [2.75, 3.05) is 13.2 Å². The smallest absolute Gasteiger partial charge is 0.431 e. The molecule has 0 saturated heterocycles. The number of rotatable bonds is 4.